The number of benzene rings is 1. The molecule has 0 saturated carbocycles. The van der Waals surface area contributed by atoms with Gasteiger partial charge in [-0.1, -0.05) is 6.07 Å². The SMILES string of the molecule is C[C@@H](CO)NC(=O)C(NC(=O)OC(C)(C)C)c1c(F)cccc1F. The molecule has 1 rings (SSSR count). The second kappa shape index (κ2) is 8.05. The van der Waals surface area contributed by atoms with Crippen molar-refractivity contribution < 1.29 is 28.2 Å². The van der Waals surface area contributed by atoms with Crippen LogP contribution in [0.4, 0.5) is 13.6 Å². The summed E-state index contributed by atoms with van der Waals surface area (Å²) in [5.41, 5.74) is -1.46. The topological polar surface area (TPSA) is 87.7 Å². The highest BCUT2D eigenvalue weighted by molar-refractivity contribution is 5.87. The predicted molar refractivity (Wildman–Crippen MR) is 83.2 cm³/mol. The zero-order valence-electron chi connectivity index (χ0n) is 14.0. The van der Waals surface area contributed by atoms with Crippen molar-refractivity contribution in [1.29, 1.82) is 0 Å². The smallest absolute Gasteiger partial charge is 0.408 e. The zero-order valence-corrected chi connectivity index (χ0v) is 14.0. The Bertz CT molecular complexity index is 582. The van der Waals surface area contributed by atoms with E-state index in [1.807, 2.05) is 0 Å². The Labute approximate surface area is 139 Å². The van der Waals surface area contributed by atoms with E-state index in [2.05, 4.69) is 10.6 Å². The summed E-state index contributed by atoms with van der Waals surface area (Å²) in [6, 6.07) is 0.799. The summed E-state index contributed by atoms with van der Waals surface area (Å²) in [5, 5.41) is 13.5. The molecule has 0 aromatic heterocycles. The summed E-state index contributed by atoms with van der Waals surface area (Å²) in [6.07, 6.45) is -0.998. The fourth-order valence-electron chi connectivity index (χ4n) is 1.85. The summed E-state index contributed by atoms with van der Waals surface area (Å²) < 4.78 is 33.0. The molecule has 1 aromatic rings. The quantitative estimate of drug-likeness (QED) is 0.763. The van der Waals surface area contributed by atoms with Gasteiger partial charge in [0.25, 0.3) is 0 Å². The van der Waals surface area contributed by atoms with Crippen LogP contribution in [0.25, 0.3) is 0 Å². The Balaban J connectivity index is 3.12. The van der Waals surface area contributed by atoms with Crippen LogP contribution in [0.15, 0.2) is 18.2 Å². The summed E-state index contributed by atoms with van der Waals surface area (Å²) in [5.74, 6) is -2.84. The van der Waals surface area contributed by atoms with Crippen molar-refractivity contribution in [1.82, 2.24) is 10.6 Å². The molecule has 3 N–H and O–H groups in total. The molecule has 0 spiro atoms. The molecule has 6 nitrogen and oxygen atoms in total. The van der Waals surface area contributed by atoms with Gasteiger partial charge in [0, 0.05) is 6.04 Å². The van der Waals surface area contributed by atoms with Gasteiger partial charge in [-0.2, -0.15) is 0 Å². The molecule has 2 atom stereocenters. The number of rotatable bonds is 5. The normalized spacial score (nSPS) is 13.8. The monoisotopic (exact) mass is 344 g/mol. The Hall–Kier alpha value is -2.22. The first kappa shape index (κ1) is 19.8. The molecule has 134 valence electrons. The molecular formula is C16H22F2N2O4. The molecule has 0 aliphatic carbocycles. The zero-order chi connectivity index (χ0) is 18.5. The molecule has 0 fully saturated rings. The molecule has 0 bridgehead atoms. The van der Waals surface area contributed by atoms with Crippen LogP contribution in [0.1, 0.15) is 39.3 Å². The number of aliphatic hydroxyl groups is 1. The molecular weight excluding hydrogens is 322 g/mol. The minimum absolute atomic E-state index is 0.370. The number of carbonyl (C=O) groups is 2. The molecule has 0 radical (unpaired) electrons. The van der Waals surface area contributed by atoms with E-state index in [9.17, 15) is 18.4 Å². The van der Waals surface area contributed by atoms with E-state index in [1.165, 1.54) is 6.92 Å². The minimum Gasteiger partial charge on any atom is -0.444 e. The van der Waals surface area contributed by atoms with E-state index in [0.717, 1.165) is 18.2 Å². The van der Waals surface area contributed by atoms with Crippen molar-refractivity contribution in [2.75, 3.05) is 6.61 Å². The summed E-state index contributed by atoms with van der Waals surface area (Å²) >= 11 is 0. The first-order valence-corrected chi connectivity index (χ1v) is 7.40. The maximum Gasteiger partial charge on any atom is 0.408 e. The molecule has 0 heterocycles. The van der Waals surface area contributed by atoms with Crippen LogP contribution in [0.5, 0.6) is 0 Å². The second-order valence-electron chi connectivity index (χ2n) is 6.31. The van der Waals surface area contributed by atoms with Gasteiger partial charge in [-0.15, -0.1) is 0 Å². The number of amides is 2. The highest BCUT2D eigenvalue weighted by Gasteiger charge is 2.31. The van der Waals surface area contributed by atoms with Crippen LogP contribution in [0.3, 0.4) is 0 Å². The van der Waals surface area contributed by atoms with E-state index in [0.29, 0.717) is 0 Å². The Morgan fingerprint density at radius 3 is 2.21 bits per heavy atom. The first-order chi connectivity index (χ1) is 11.0. The third kappa shape index (κ3) is 5.77. The van der Waals surface area contributed by atoms with Crippen molar-refractivity contribution in [3.05, 3.63) is 35.4 Å². The lowest BCUT2D eigenvalue weighted by Gasteiger charge is -2.24. The summed E-state index contributed by atoms with van der Waals surface area (Å²) in [7, 11) is 0. The number of nitrogens with one attached hydrogen (secondary N) is 2. The Morgan fingerprint density at radius 1 is 1.21 bits per heavy atom. The van der Waals surface area contributed by atoms with E-state index in [-0.39, 0.29) is 6.61 Å². The molecule has 24 heavy (non-hydrogen) atoms. The average Bonchev–Trinajstić information content (AvgIpc) is 2.43. The van der Waals surface area contributed by atoms with Crippen LogP contribution < -0.4 is 10.6 Å². The standard InChI is InChI=1S/C16H22F2N2O4/c1-9(8-21)19-14(22)13(20-15(23)24-16(2,3)4)12-10(17)6-5-7-11(12)18/h5-7,9,13,21H,8H2,1-4H3,(H,19,22)(H,20,23)/t9-,13?/m0/s1. The number of halogens is 2. The predicted octanol–water partition coefficient (Wildman–Crippen LogP) is 2.03. The van der Waals surface area contributed by atoms with Gasteiger partial charge in [0.2, 0.25) is 5.91 Å². The van der Waals surface area contributed by atoms with Crippen LogP contribution in [0, 0.1) is 11.6 Å². The molecule has 0 aliphatic rings. The van der Waals surface area contributed by atoms with Crippen LogP contribution in [-0.4, -0.2) is 35.4 Å². The van der Waals surface area contributed by atoms with Crippen LogP contribution in [-0.2, 0) is 9.53 Å². The van der Waals surface area contributed by atoms with Crippen molar-refractivity contribution >= 4 is 12.0 Å². The molecule has 2 amide bonds. The van der Waals surface area contributed by atoms with Crippen molar-refractivity contribution in [3.8, 4) is 0 Å². The largest absolute Gasteiger partial charge is 0.444 e. The maximum atomic E-state index is 14.0. The van der Waals surface area contributed by atoms with E-state index >= 15 is 0 Å². The molecule has 0 saturated heterocycles. The van der Waals surface area contributed by atoms with Gasteiger partial charge in [-0.3, -0.25) is 4.79 Å². The van der Waals surface area contributed by atoms with E-state index in [4.69, 9.17) is 9.84 Å². The van der Waals surface area contributed by atoms with E-state index in [1.54, 1.807) is 20.8 Å². The highest BCUT2D eigenvalue weighted by atomic mass is 19.1. The van der Waals surface area contributed by atoms with Gasteiger partial charge >= 0.3 is 6.09 Å². The molecule has 1 unspecified atom stereocenters. The number of hydrogen-bond donors (Lipinski definition) is 3. The third-order valence-electron chi connectivity index (χ3n) is 2.87. The highest BCUT2D eigenvalue weighted by Crippen LogP contribution is 2.22. The van der Waals surface area contributed by atoms with Gasteiger partial charge in [0.15, 0.2) is 0 Å². The number of carbonyl (C=O) groups excluding carboxylic acids is 2. The minimum atomic E-state index is -1.64. The Morgan fingerprint density at radius 2 is 1.75 bits per heavy atom. The average molecular weight is 344 g/mol. The van der Waals surface area contributed by atoms with Gasteiger partial charge in [0.05, 0.1) is 12.2 Å². The molecule has 0 aliphatic heterocycles. The fourth-order valence-corrected chi connectivity index (χ4v) is 1.85. The molecule has 8 heteroatoms. The van der Waals surface area contributed by atoms with Crippen LogP contribution in [0.2, 0.25) is 0 Å². The first-order valence-electron chi connectivity index (χ1n) is 7.40. The fraction of sp³-hybridized carbons (Fsp3) is 0.500. The number of hydrogen-bond acceptors (Lipinski definition) is 4. The number of alkyl carbamates (subject to hydrolysis) is 1. The molecule has 1 aromatic carbocycles. The maximum absolute atomic E-state index is 14.0. The van der Waals surface area contributed by atoms with Crippen molar-refractivity contribution in [3.63, 3.8) is 0 Å². The van der Waals surface area contributed by atoms with Gasteiger partial charge in [-0.25, -0.2) is 13.6 Å². The van der Waals surface area contributed by atoms with Gasteiger partial charge in [0.1, 0.15) is 23.3 Å². The van der Waals surface area contributed by atoms with Crippen molar-refractivity contribution in [2.45, 2.75) is 45.4 Å². The lowest BCUT2D eigenvalue weighted by Crippen LogP contribution is -2.46. The van der Waals surface area contributed by atoms with E-state index < -0.39 is 46.9 Å². The lowest BCUT2D eigenvalue weighted by atomic mass is 10.0. The second-order valence-corrected chi connectivity index (χ2v) is 6.31. The third-order valence-corrected chi connectivity index (χ3v) is 2.87. The Kier molecular flexibility index (Phi) is 6.65. The van der Waals surface area contributed by atoms with Gasteiger partial charge in [-0.05, 0) is 39.8 Å². The van der Waals surface area contributed by atoms with Crippen LogP contribution >= 0.6 is 0 Å². The van der Waals surface area contributed by atoms with Gasteiger partial charge < -0.3 is 20.5 Å². The summed E-state index contributed by atoms with van der Waals surface area (Å²) in [6.45, 7) is 5.96. The summed E-state index contributed by atoms with van der Waals surface area (Å²) in [4.78, 5) is 24.2. The van der Waals surface area contributed by atoms with Crippen molar-refractivity contribution in [2.24, 2.45) is 0 Å². The lowest BCUT2D eigenvalue weighted by molar-refractivity contribution is -0.124. The number of ether oxygens (including phenoxy) is 1. The number of aliphatic hydroxyl groups excluding tert-OH is 1.